The summed E-state index contributed by atoms with van der Waals surface area (Å²) in [4.78, 5) is 13.9. The number of carbonyl (C=O) groups is 1. The van der Waals surface area contributed by atoms with Crippen molar-refractivity contribution in [3.05, 3.63) is 76.5 Å². The summed E-state index contributed by atoms with van der Waals surface area (Å²) in [6, 6.07) is 15.8. The van der Waals surface area contributed by atoms with Gasteiger partial charge in [0.2, 0.25) is 0 Å². The zero-order chi connectivity index (χ0) is 21.3. The molecule has 1 heterocycles. The molecule has 152 valence electrons. The standard InChI is InChI=1S/C21H15Cl2FN4O2/c1-12(30-20-9-2-13(22)10-17(20)23)21(29)25-15-5-8-18-19(11-15)27-28(26-18)16-6-3-14(24)4-7-16/h2-12H,1H3,(H,25,29). The molecule has 0 aliphatic heterocycles. The molecule has 30 heavy (non-hydrogen) atoms. The van der Waals surface area contributed by atoms with Crippen LogP contribution in [0.15, 0.2) is 60.7 Å². The highest BCUT2D eigenvalue weighted by atomic mass is 35.5. The Bertz CT molecular complexity index is 1230. The molecule has 3 aromatic carbocycles. The van der Waals surface area contributed by atoms with Crippen molar-refractivity contribution in [3.8, 4) is 11.4 Å². The number of rotatable bonds is 5. The Hall–Kier alpha value is -3.16. The van der Waals surface area contributed by atoms with Crippen LogP contribution in [0.1, 0.15) is 6.92 Å². The predicted molar refractivity (Wildman–Crippen MR) is 114 cm³/mol. The average molecular weight is 445 g/mol. The first kappa shape index (κ1) is 20.1. The maximum absolute atomic E-state index is 13.1. The number of ether oxygens (including phenoxy) is 1. The molecule has 0 fully saturated rings. The van der Waals surface area contributed by atoms with E-state index in [-0.39, 0.29) is 11.7 Å². The number of nitrogens with zero attached hydrogens (tertiary/aromatic N) is 3. The summed E-state index contributed by atoms with van der Waals surface area (Å²) < 4.78 is 18.7. The molecule has 0 aliphatic carbocycles. The van der Waals surface area contributed by atoms with E-state index in [1.165, 1.54) is 16.9 Å². The van der Waals surface area contributed by atoms with Gasteiger partial charge in [0.05, 0.1) is 10.7 Å². The Morgan fingerprint density at radius 2 is 1.77 bits per heavy atom. The maximum atomic E-state index is 13.1. The highest BCUT2D eigenvalue weighted by Crippen LogP contribution is 2.28. The fourth-order valence-electron chi connectivity index (χ4n) is 2.74. The van der Waals surface area contributed by atoms with E-state index < -0.39 is 6.10 Å². The number of anilines is 1. The molecular formula is C21H15Cl2FN4O2. The zero-order valence-electron chi connectivity index (χ0n) is 15.6. The summed E-state index contributed by atoms with van der Waals surface area (Å²) in [6.45, 7) is 1.61. The topological polar surface area (TPSA) is 69.0 Å². The lowest BCUT2D eigenvalue weighted by Gasteiger charge is -2.15. The molecule has 1 amide bonds. The summed E-state index contributed by atoms with van der Waals surface area (Å²) in [7, 11) is 0. The van der Waals surface area contributed by atoms with Gasteiger partial charge in [-0.05, 0) is 67.6 Å². The van der Waals surface area contributed by atoms with Crippen molar-refractivity contribution >= 4 is 45.8 Å². The van der Waals surface area contributed by atoms with Crippen LogP contribution in [0.4, 0.5) is 10.1 Å². The molecule has 1 N–H and O–H groups in total. The van der Waals surface area contributed by atoms with E-state index in [1.54, 1.807) is 55.5 Å². The number of halogens is 3. The number of amides is 1. The van der Waals surface area contributed by atoms with Crippen LogP contribution in [-0.2, 0) is 4.79 Å². The van der Waals surface area contributed by atoms with Crippen LogP contribution in [0.25, 0.3) is 16.7 Å². The van der Waals surface area contributed by atoms with Gasteiger partial charge in [0.1, 0.15) is 22.6 Å². The van der Waals surface area contributed by atoms with Crippen LogP contribution in [0.5, 0.6) is 5.75 Å². The maximum Gasteiger partial charge on any atom is 0.265 e. The van der Waals surface area contributed by atoms with E-state index in [9.17, 15) is 9.18 Å². The highest BCUT2D eigenvalue weighted by Gasteiger charge is 2.17. The van der Waals surface area contributed by atoms with Gasteiger partial charge >= 0.3 is 0 Å². The van der Waals surface area contributed by atoms with E-state index in [2.05, 4.69) is 15.5 Å². The molecule has 6 nitrogen and oxygen atoms in total. The van der Waals surface area contributed by atoms with E-state index in [1.807, 2.05) is 0 Å². The minimum Gasteiger partial charge on any atom is -0.479 e. The molecule has 4 aromatic rings. The molecule has 0 radical (unpaired) electrons. The number of nitrogens with one attached hydrogen (secondary N) is 1. The molecule has 1 unspecified atom stereocenters. The second kappa shape index (κ2) is 8.30. The first-order valence-corrected chi connectivity index (χ1v) is 9.70. The molecule has 1 aromatic heterocycles. The fourth-order valence-corrected chi connectivity index (χ4v) is 3.19. The SMILES string of the molecule is CC(Oc1ccc(Cl)cc1Cl)C(=O)Nc1ccc2nn(-c3ccc(F)cc3)nc2c1. The quantitative estimate of drug-likeness (QED) is 0.454. The minimum atomic E-state index is -0.797. The number of aromatic nitrogens is 3. The molecule has 1 atom stereocenters. The minimum absolute atomic E-state index is 0.320. The van der Waals surface area contributed by atoms with Crippen molar-refractivity contribution in [2.75, 3.05) is 5.32 Å². The van der Waals surface area contributed by atoms with Crippen LogP contribution < -0.4 is 10.1 Å². The Kier molecular flexibility index (Phi) is 5.57. The first-order chi connectivity index (χ1) is 14.4. The lowest BCUT2D eigenvalue weighted by atomic mass is 10.2. The Morgan fingerprint density at radius 3 is 2.50 bits per heavy atom. The monoisotopic (exact) mass is 444 g/mol. The third kappa shape index (κ3) is 4.37. The van der Waals surface area contributed by atoms with Gasteiger partial charge in [0, 0.05) is 10.7 Å². The van der Waals surface area contributed by atoms with Crippen molar-refractivity contribution in [2.45, 2.75) is 13.0 Å². The van der Waals surface area contributed by atoms with Crippen LogP contribution in [0, 0.1) is 5.82 Å². The highest BCUT2D eigenvalue weighted by molar-refractivity contribution is 6.35. The van der Waals surface area contributed by atoms with Gasteiger partial charge in [0.15, 0.2) is 6.10 Å². The summed E-state index contributed by atoms with van der Waals surface area (Å²) in [5.74, 6) is -0.329. The molecule has 0 saturated heterocycles. The molecule has 0 aliphatic rings. The number of benzene rings is 3. The molecule has 9 heteroatoms. The van der Waals surface area contributed by atoms with Crippen molar-refractivity contribution in [1.29, 1.82) is 0 Å². The number of hydrogen-bond acceptors (Lipinski definition) is 4. The fraction of sp³-hybridized carbons (Fsp3) is 0.0952. The van der Waals surface area contributed by atoms with Crippen LogP contribution in [-0.4, -0.2) is 27.0 Å². The predicted octanol–water partition coefficient (Wildman–Crippen LogP) is 5.27. The Labute approximate surface area is 181 Å². The van der Waals surface area contributed by atoms with Crippen molar-refractivity contribution in [3.63, 3.8) is 0 Å². The van der Waals surface area contributed by atoms with E-state index in [0.29, 0.717) is 38.2 Å². The van der Waals surface area contributed by atoms with Crippen LogP contribution in [0.2, 0.25) is 10.0 Å². The van der Waals surface area contributed by atoms with Crippen molar-refractivity contribution in [2.24, 2.45) is 0 Å². The summed E-state index contributed by atoms with van der Waals surface area (Å²) in [6.07, 6.45) is -0.797. The van der Waals surface area contributed by atoms with Gasteiger partial charge in [-0.2, -0.15) is 4.80 Å². The van der Waals surface area contributed by atoms with E-state index >= 15 is 0 Å². The molecular weight excluding hydrogens is 430 g/mol. The molecule has 0 bridgehead atoms. The van der Waals surface area contributed by atoms with Gasteiger partial charge < -0.3 is 10.1 Å². The van der Waals surface area contributed by atoms with Crippen LogP contribution in [0.3, 0.4) is 0 Å². The normalized spacial score (nSPS) is 12.0. The number of fused-ring (bicyclic) bond motifs is 1. The first-order valence-electron chi connectivity index (χ1n) is 8.95. The summed E-state index contributed by atoms with van der Waals surface area (Å²) in [5.41, 5.74) is 2.37. The van der Waals surface area contributed by atoms with Gasteiger partial charge in [-0.25, -0.2) is 4.39 Å². The van der Waals surface area contributed by atoms with Gasteiger partial charge in [-0.15, -0.1) is 10.2 Å². The Balaban J connectivity index is 1.49. The van der Waals surface area contributed by atoms with Gasteiger partial charge in [0.25, 0.3) is 5.91 Å². The van der Waals surface area contributed by atoms with E-state index in [0.717, 1.165) is 0 Å². The summed E-state index contributed by atoms with van der Waals surface area (Å²) >= 11 is 12.0. The second-order valence-electron chi connectivity index (χ2n) is 6.49. The largest absolute Gasteiger partial charge is 0.479 e. The lowest BCUT2D eigenvalue weighted by Crippen LogP contribution is -2.30. The lowest BCUT2D eigenvalue weighted by molar-refractivity contribution is -0.122. The molecule has 0 spiro atoms. The van der Waals surface area contributed by atoms with Crippen molar-refractivity contribution in [1.82, 2.24) is 15.0 Å². The van der Waals surface area contributed by atoms with Crippen molar-refractivity contribution < 1.29 is 13.9 Å². The second-order valence-corrected chi connectivity index (χ2v) is 7.34. The van der Waals surface area contributed by atoms with Crippen LogP contribution >= 0.6 is 23.2 Å². The third-order valence-electron chi connectivity index (χ3n) is 4.27. The Morgan fingerprint density at radius 1 is 1.03 bits per heavy atom. The number of hydrogen-bond donors (Lipinski definition) is 1. The van der Waals surface area contributed by atoms with Gasteiger partial charge in [-0.1, -0.05) is 23.2 Å². The number of carbonyl (C=O) groups excluding carboxylic acids is 1. The molecule has 0 saturated carbocycles. The zero-order valence-corrected chi connectivity index (χ0v) is 17.2. The smallest absolute Gasteiger partial charge is 0.265 e. The molecule has 4 rings (SSSR count). The average Bonchev–Trinajstić information content (AvgIpc) is 3.14. The van der Waals surface area contributed by atoms with Gasteiger partial charge in [-0.3, -0.25) is 4.79 Å². The summed E-state index contributed by atoms with van der Waals surface area (Å²) in [5, 5.41) is 12.3. The third-order valence-corrected chi connectivity index (χ3v) is 4.80. The van der Waals surface area contributed by atoms with E-state index in [4.69, 9.17) is 27.9 Å².